The zero-order valence-electron chi connectivity index (χ0n) is 16.3. The van der Waals surface area contributed by atoms with Crippen molar-refractivity contribution in [2.24, 2.45) is 4.99 Å². The fourth-order valence-electron chi connectivity index (χ4n) is 4.13. The van der Waals surface area contributed by atoms with Crippen molar-refractivity contribution in [3.63, 3.8) is 0 Å². The van der Waals surface area contributed by atoms with Crippen LogP contribution in [0.15, 0.2) is 29.3 Å². The highest BCUT2D eigenvalue weighted by Gasteiger charge is 2.24. The van der Waals surface area contributed by atoms with Crippen molar-refractivity contribution >= 4 is 23.2 Å². The molecule has 1 aromatic rings. The second-order valence-electron chi connectivity index (χ2n) is 7.80. The van der Waals surface area contributed by atoms with Gasteiger partial charge in [-0.25, -0.2) is 0 Å². The summed E-state index contributed by atoms with van der Waals surface area (Å²) in [5.41, 5.74) is 1.83. The Labute approximate surface area is 162 Å². The molecule has 2 aliphatic carbocycles. The quantitative estimate of drug-likeness (QED) is 0.763. The van der Waals surface area contributed by atoms with Gasteiger partial charge in [0.15, 0.2) is 0 Å². The Morgan fingerprint density at radius 1 is 0.926 bits per heavy atom. The summed E-state index contributed by atoms with van der Waals surface area (Å²) in [7, 11) is 0. The molecule has 0 heterocycles. The number of amides is 2. The van der Waals surface area contributed by atoms with Gasteiger partial charge in [0.2, 0.25) is 5.91 Å². The Kier molecular flexibility index (Phi) is 7.02. The van der Waals surface area contributed by atoms with Gasteiger partial charge >= 0.3 is 0 Å². The van der Waals surface area contributed by atoms with Crippen LogP contribution in [0, 0.1) is 0 Å². The van der Waals surface area contributed by atoms with Crippen LogP contribution in [0.4, 0.5) is 5.69 Å². The van der Waals surface area contributed by atoms with Gasteiger partial charge in [-0.1, -0.05) is 56.7 Å². The number of carbonyl (C=O) groups is 2. The zero-order valence-corrected chi connectivity index (χ0v) is 16.3. The Hall–Kier alpha value is -2.17. The largest absolute Gasteiger partial charge is 0.348 e. The van der Waals surface area contributed by atoms with E-state index < -0.39 is 0 Å². The minimum atomic E-state index is -0.146. The number of hydrogen-bond acceptors (Lipinski definition) is 3. The van der Waals surface area contributed by atoms with Gasteiger partial charge in [0, 0.05) is 18.5 Å². The molecule has 0 atom stereocenters. The van der Waals surface area contributed by atoms with Crippen molar-refractivity contribution < 1.29 is 9.59 Å². The van der Waals surface area contributed by atoms with E-state index in [2.05, 4.69) is 10.6 Å². The molecule has 2 fully saturated rings. The molecular formula is C22H31N3O2. The van der Waals surface area contributed by atoms with Gasteiger partial charge in [0.1, 0.15) is 5.71 Å². The molecule has 2 amide bonds. The van der Waals surface area contributed by atoms with Crippen LogP contribution in [-0.2, 0) is 9.59 Å². The summed E-state index contributed by atoms with van der Waals surface area (Å²) in [5.74, 6) is -0.252. The first-order valence-corrected chi connectivity index (χ1v) is 10.4. The van der Waals surface area contributed by atoms with Crippen LogP contribution in [-0.4, -0.2) is 29.6 Å². The number of nitrogens with one attached hydrogen (secondary N) is 2. The van der Waals surface area contributed by atoms with Crippen LogP contribution in [0.2, 0.25) is 0 Å². The summed E-state index contributed by atoms with van der Waals surface area (Å²) in [6, 6.07) is 7.90. The van der Waals surface area contributed by atoms with Gasteiger partial charge in [-0.15, -0.1) is 0 Å². The van der Waals surface area contributed by atoms with E-state index in [1.807, 2.05) is 24.3 Å². The molecule has 0 aliphatic heterocycles. The van der Waals surface area contributed by atoms with Gasteiger partial charge in [-0.05, 0) is 31.7 Å². The number of benzene rings is 1. The average Bonchev–Trinajstić information content (AvgIpc) is 2.68. The van der Waals surface area contributed by atoms with Crippen molar-refractivity contribution in [2.45, 2.75) is 83.2 Å². The Morgan fingerprint density at radius 3 is 2.22 bits per heavy atom. The highest BCUT2D eigenvalue weighted by atomic mass is 16.2. The molecular weight excluding hydrogens is 338 g/mol. The van der Waals surface area contributed by atoms with Crippen molar-refractivity contribution in [1.82, 2.24) is 5.32 Å². The summed E-state index contributed by atoms with van der Waals surface area (Å²) in [4.78, 5) is 29.7. The lowest BCUT2D eigenvalue weighted by atomic mass is 9.94. The lowest BCUT2D eigenvalue weighted by Crippen LogP contribution is -2.41. The summed E-state index contributed by atoms with van der Waals surface area (Å²) in [6.45, 7) is 1.48. The molecule has 2 saturated carbocycles. The van der Waals surface area contributed by atoms with Crippen LogP contribution in [0.25, 0.3) is 0 Å². The zero-order chi connectivity index (χ0) is 19.1. The first kappa shape index (κ1) is 19.6. The van der Waals surface area contributed by atoms with E-state index in [4.69, 9.17) is 4.99 Å². The Balaban J connectivity index is 1.88. The van der Waals surface area contributed by atoms with Gasteiger partial charge < -0.3 is 10.6 Å². The van der Waals surface area contributed by atoms with Crippen LogP contribution in [0.1, 0.15) is 76.7 Å². The molecule has 0 bridgehead atoms. The van der Waals surface area contributed by atoms with E-state index in [-0.39, 0.29) is 23.9 Å². The minimum absolute atomic E-state index is 0.106. The molecule has 0 radical (unpaired) electrons. The maximum atomic E-state index is 13.2. The molecule has 0 aromatic heterocycles. The van der Waals surface area contributed by atoms with Gasteiger partial charge in [0.25, 0.3) is 5.91 Å². The first-order valence-electron chi connectivity index (χ1n) is 10.4. The summed E-state index contributed by atoms with van der Waals surface area (Å²) >= 11 is 0. The fourth-order valence-corrected chi connectivity index (χ4v) is 4.13. The average molecular weight is 370 g/mol. The Morgan fingerprint density at radius 2 is 1.56 bits per heavy atom. The smallest absolute Gasteiger partial charge is 0.270 e. The van der Waals surface area contributed by atoms with E-state index in [1.165, 1.54) is 45.4 Å². The molecule has 27 heavy (non-hydrogen) atoms. The third kappa shape index (κ3) is 5.65. The third-order valence-electron chi connectivity index (χ3n) is 5.53. The van der Waals surface area contributed by atoms with Crippen LogP contribution in [0.3, 0.4) is 0 Å². The predicted octanol–water partition coefficient (Wildman–Crippen LogP) is 4.22. The number of anilines is 1. The van der Waals surface area contributed by atoms with E-state index in [0.717, 1.165) is 25.7 Å². The number of carbonyl (C=O) groups excluding carboxylic acids is 2. The third-order valence-corrected chi connectivity index (χ3v) is 5.53. The fraction of sp³-hybridized carbons (Fsp3) is 0.591. The van der Waals surface area contributed by atoms with Crippen LogP contribution >= 0.6 is 0 Å². The number of rotatable bonds is 5. The maximum Gasteiger partial charge on any atom is 0.270 e. The molecule has 5 heteroatoms. The molecule has 2 N–H and O–H groups in total. The maximum absolute atomic E-state index is 13.2. The van der Waals surface area contributed by atoms with Crippen molar-refractivity contribution in [1.29, 1.82) is 0 Å². The molecule has 0 unspecified atom stereocenters. The van der Waals surface area contributed by atoms with E-state index >= 15 is 0 Å². The molecule has 146 valence electrons. The van der Waals surface area contributed by atoms with Gasteiger partial charge in [-0.2, -0.15) is 0 Å². The van der Waals surface area contributed by atoms with Gasteiger partial charge in [0.05, 0.1) is 11.7 Å². The number of para-hydroxylation sites is 1. The highest BCUT2D eigenvalue weighted by Crippen LogP contribution is 2.24. The van der Waals surface area contributed by atoms with E-state index in [0.29, 0.717) is 17.0 Å². The summed E-state index contributed by atoms with van der Waals surface area (Å²) in [6.07, 6.45) is 11.3. The lowest BCUT2D eigenvalue weighted by molar-refractivity contribution is -0.116. The monoisotopic (exact) mass is 369 g/mol. The Bertz CT molecular complexity index is 687. The lowest BCUT2D eigenvalue weighted by Gasteiger charge is -2.25. The molecule has 0 spiro atoms. The van der Waals surface area contributed by atoms with E-state index in [1.54, 1.807) is 0 Å². The van der Waals surface area contributed by atoms with Crippen LogP contribution in [0.5, 0.6) is 0 Å². The predicted molar refractivity (Wildman–Crippen MR) is 109 cm³/mol. The van der Waals surface area contributed by atoms with Crippen molar-refractivity contribution in [2.75, 3.05) is 5.32 Å². The number of aliphatic imine (C=N–C) groups is 1. The highest BCUT2D eigenvalue weighted by molar-refractivity contribution is 6.46. The van der Waals surface area contributed by atoms with Gasteiger partial charge in [-0.3, -0.25) is 14.6 Å². The SMILES string of the molecule is CC(=O)Nc1ccccc1C(=NC1CCCCC1)C(=O)NC1CCCCC1. The standard InChI is InChI=1S/C22H31N3O2/c1-16(26)23-20-15-9-8-14-19(20)21(24-17-10-4-2-5-11-17)22(27)25-18-12-6-3-7-13-18/h8-9,14-15,17-18H,2-7,10-13H2,1H3,(H,23,26)(H,25,27). The van der Waals surface area contributed by atoms with Crippen molar-refractivity contribution in [3.8, 4) is 0 Å². The second kappa shape index (κ2) is 9.67. The second-order valence-corrected chi connectivity index (χ2v) is 7.80. The molecule has 0 saturated heterocycles. The molecule has 5 nitrogen and oxygen atoms in total. The normalized spacial score (nSPS) is 19.5. The number of hydrogen-bond donors (Lipinski definition) is 2. The molecule has 3 rings (SSSR count). The molecule has 2 aliphatic rings. The minimum Gasteiger partial charge on any atom is -0.348 e. The summed E-state index contributed by atoms with van der Waals surface area (Å²) < 4.78 is 0. The summed E-state index contributed by atoms with van der Waals surface area (Å²) in [5, 5.41) is 6.05. The molecule has 1 aromatic carbocycles. The van der Waals surface area contributed by atoms with Crippen molar-refractivity contribution in [3.05, 3.63) is 29.8 Å². The van der Waals surface area contributed by atoms with E-state index in [9.17, 15) is 9.59 Å². The topological polar surface area (TPSA) is 70.6 Å². The number of nitrogens with zero attached hydrogens (tertiary/aromatic N) is 1. The first-order chi connectivity index (χ1) is 13.1. The van der Waals surface area contributed by atoms with Crippen LogP contribution < -0.4 is 10.6 Å².